The highest BCUT2D eigenvalue weighted by molar-refractivity contribution is 6.04. The summed E-state index contributed by atoms with van der Waals surface area (Å²) in [5, 5.41) is 3.32. The zero-order valence-corrected chi connectivity index (χ0v) is 17.2. The van der Waals surface area contributed by atoms with Crippen molar-refractivity contribution in [3.63, 3.8) is 0 Å². The highest BCUT2D eigenvalue weighted by atomic mass is 16.5. The van der Waals surface area contributed by atoms with Crippen LogP contribution in [0.25, 0.3) is 0 Å². The van der Waals surface area contributed by atoms with Crippen LogP contribution in [0.2, 0.25) is 0 Å². The molecule has 3 rings (SSSR count). The number of rotatable bonds is 7. The fourth-order valence-electron chi connectivity index (χ4n) is 3.96. The van der Waals surface area contributed by atoms with Gasteiger partial charge in [-0.1, -0.05) is 13.8 Å². The molecule has 1 unspecified atom stereocenters. The van der Waals surface area contributed by atoms with E-state index in [9.17, 15) is 9.59 Å². The Balaban J connectivity index is 2.14. The third-order valence-electron chi connectivity index (χ3n) is 5.04. The molecule has 0 radical (unpaired) electrons. The number of dihydropyridines is 1. The summed E-state index contributed by atoms with van der Waals surface area (Å²) in [4.78, 5) is 34.3. The summed E-state index contributed by atoms with van der Waals surface area (Å²) in [5.41, 5.74) is 8.41. The van der Waals surface area contributed by atoms with Crippen molar-refractivity contribution in [2.75, 3.05) is 26.4 Å². The Morgan fingerprint density at radius 1 is 1.31 bits per heavy atom. The predicted molar refractivity (Wildman–Crippen MR) is 106 cm³/mol. The minimum atomic E-state index is -0.591. The molecule has 1 aromatic rings. The maximum absolute atomic E-state index is 13.2. The molecule has 8 nitrogen and oxygen atoms in total. The summed E-state index contributed by atoms with van der Waals surface area (Å²) in [7, 11) is 0. The Bertz CT molecular complexity index is 845. The summed E-state index contributed by atoms with van der Waals surface area (Å²) < 4.78 is 11.0. The molecule has 2 aliphatic rings. The van der Waals surface area contributed by atoms with Crippen molar-refractivity contribution in [1.29, 1.82) is 0 Å². The van der Waals surface area contributed by atoms with Crippen LogP contribution in [0.15, 0.2) is 41.3 Å². The first-order valence-electron chi connectivity index (χ1n) is 9.84. The molecule has 1 aliphatic heterocycles. The molecule has 1 aliphatic carbocycles. The second-order valence-electron chi connectivity index (χ2n) is 8.02. The number of hydrogen-bond donors (Lipinski definition) is 2. The first kappa shape index (κ1) is 21.1. The highest BCUT2D eigenvalue weighted by Crippen LogP contribution is 2.46. The van der Waals surface area contributed by atoms with E-state index in [1.165, 1.54) is 6.33 Å². The lowest BCUT2D eigenvalue weighted by atomic mass is 9.69. The number of Topliss-reactive ketones (excluding diaryl/α,β-unsaturated/α-hetero) is 1. The maximum atomic E-state index is 13.2. The average Bonchev–Trinajstić information content (AvgIpc) is 2.67. The summed E-state index contributed by atoms with van der Waals surface area (Å²) in [5.74, 6) is -1.06. The average molecular weight is 400 g/mol. The van der Waals surface area contributed by atoms with Gasteiger partial charge in [0.1, 0.15) is 6.33 Å². The largest absolute Gasteiger partial charge is 0.463 e. The number of carbonyl (C=O) groups is 2. The molecule has 0 bridgehead atoms. The molecule has 1 atom stereocenters. The van der Waals surface area contributed by atoms with Crippen molar-refractivity contribution in [3.8, 4) is 0 Å². The first-order valence-corrected chi connectivity index (χ1v) is 9.84. The topological polar surface area (TPSA) is 116 Å². The molecule has 0 saturated carbocycles. The third-order valence-corrected chi connectivity index (χ3v) is 5.04. The monoisotopic (exact) mass is 400 g/mol. The van der Waals surface area contributed by atoms with Crippen molar-refractivity contribution in [1.82, 2.24) is 15.3 Å². The van der Waals surface area contributed by atoms with Crippen molar-refractivity contribution in [2.45, 2.75) is 39.5 Å². The molecular weight excluding hydrogens is 372 g/mol. The number of nitrogens with two attached hydrogens (primary N) is 1. The molecular formula is C21H28N4O4. The molecule has 0 saturated heterocycles. The van der Waals surface area contributed by atoms with Gasteiger partial charge in [0.15, 0.2) is 5.78 Å². The lowest BCUT2D eigenvalue weighted by molar-refractivity contribution is -0.139. The van der Waals surface area contributed by atoms with Crippen LogP contribution < -0.4 is 11.1 Å². The molecule has 1 aromatic heterocycles. The van der Waals surface area contributed by atoms with E-state index in [1.54, 1.807) is 19.3 Å². The SMILES string of the molecule is CCOC(=O)C1=C(COCCN)NC2=C(C(=O)CC(C)(C)C2)C1c1cncnc1. The number of aromatic nitrogens is 2. The number of ether oxygens (including phenoxy) is 2. The molecule has 8 heteroatoms. The Labute approximate surface area is 170 Å². The second-order valence-corrected chi connectivity index (χ2v) is 8.02. The normalized spacial score (nSPS) is 21.0. The van der Waals surface area contributed by atoms with Gasteiger partial charge in [-0.05, 0) is 18.8 Å². The lowest BCUT2D eigenvalue weighted by Gasteiger charge is -2.39. The number of nitrogens with zero attached hydrogens (tertiary/aromatic N) is 2. The van der Waals surface area contributed by atoms with E-state index in [0.29, 0.717) is 48.4 Å². The standard InChI is InChI=1S/C21H28N4O4/c1-4-29-20(27)19-15(11-28-6-5-22)25-14-7-21(2,3)8-16(26)18(14)17(19)13-9-23-12-24-10-13/h9-10,12,17,25H,4-8,11,22H2,1-3H3. The van der Waals surface area contributed by atoms with E-state index >= 15 is 0 Å². The van der Waals surface area contributed by atoms with Crippen molar-refractivity contribution in [2.24, 2.45) is 11.1 Å². The third kappa shape index (κ3) is 4.54. The summed E-state index contributed by atoms with van der Waals surface area (Å²) in [6.45, 7) is 7.00. The molecule has 29 heavy (non-hydrogen) atoms. The molecule has 0 fully saturated rings. The van der Waals surface area contributed by atoms with Crippen LogP contribution in [-0.4, -0.2) is 48.1 Å². The molecule has 156 valence electrons. The number of allylic oxidation sites excluding steroid dienone is 2. The van der Waals surface area contributed by atoms with Gasteiger partial charge in [-0.2, -0.15) is 0 Å². The van der Waals surface area contributed by atoms with E-state index in [0.717, 1.165) is 5.70 Å². The number of esters is 1. The molecule has 0 amide bonds. The van der Waals surface area contributed by atoms with Crippen LogP contribution in [-0.2, 0) is 19.1 Å². The van der Waals surface area contributed by atoms with Gasteiger partial charge in [0.2, 0.25) is 0 Å². The molecule has 0 aromatic carbocycles. The summed E-state index contributed by atoms with van der Waals surface area (Å²) in [6, 6.07) is 0. The predicted octanol–water partition coefficient (Wildman–Crippen LogP) is 1.60. The molecule has 2 heterocycles. The molecule has 3 N–H and O–H groups in total. The minimum Gasteiger partial charge on any atom is -0.463 e. The number of carbonyl (C=O) groups excluding carboxylic acids is 2. The van der Waals surface area contributed by atoms with Crippen LogP contribution in [0.4, 0.5) is 0 Å². The van der Waals surface area contributed by atoms with Crippen LogP contribution >= 0.6 is 0 Å². The van der Waals surface area contributed by atoms with E-state index in [-0.39, 0.29) is 24.4 Å². The van der Waals surface area contributed by atoms with Crippen molar-refractivity contribution >= 4 is 11.8 Å². The van der Waals surface area contributed by atoms with Gasteiger partial charge in [0.25, 0.3) is 0 Å². The first-order chi connectivity index (χ1) is 13.9. The van der Waals surface area contributed by atoms with Gasteiger partial charge in [-0.15, -0.1) is 0 Å². The van der Waals surface area contributed by atoms with Crippen LogP contribution in [0.1, 0.15) is 45.1 Å². The Hall–Kier alpha value is -2.58. The Morgan fingerprint density at radius 3 is 2.69 bits per heavy atom. The lowest BCUT2D eigenvalue weighted by Crippen LogP contribution is -2.40. The number of hydrogen-bond acceptors (Lipinski definition) is 8. The van der Waals surface area contributed by atoms with Gasteiger partial charge in [0, 0.05) is 42.2 Å². The highest BCUT2D eigenvalue weighted by Gasteiger charge is 2.44. The van der Waals surface area contributed by atoms with Crippen molar-refractivity contribution < 1.29 is 19.1 Å². The smallest absolute Gasteiger partial charge is 0.336 e. The Kier molecular flexibility index (Phi) is 6.44. The minimum absolute atomic E-state index is 0.0151. The van der Waals surface area contributed by atoms with E-state index in [2.05, 4.69) is 29.1 Å². The number of ketones is 1. The zero-order chi connectivity index (χ0) is 21.0. The summed E-state index contributed by atoms with van der Waals surface area (Å²) >= 11 is 0. The fraction of sp³-hybridized carbons (Fsp3) is 0.524. The Morgan fingerprint density at radius 2 is 2.03 bits per heavy atom. The van der Waals surface area contributed by atoms with Gasteiger partial charge in [-0.25, -0.2) is 14.8 Å². The summed E-state index contributed by atoms with van der Waals surface area (Å²) in [6.07, 6.45) is 5.79. The fourth-order valence-corrected chi connectivity index (χ4v) is 3.96. The van der Waals surface area contributed by atoms with Crippen LogP contribution in [0.3, 0.4) is 0 Å². The number of nitrogens with one attached hydrogen (secondary N) is 1. The maximum Gasteiger partial charge on any atom is 0.336 e. The van der Waals surface area contributed by atoms with Gasteiger partial charge >= 0.3 is 5.97 Å². The second kappa shape index (κ2) is 8.84. The van der Waals surface area contributed by atoms with Crippen molar-refractivity contribution in [3.05, 3.63) is 46.8 Å². The van der Waals surface area contributed by atoms with E-state index in [4.69, 9.17) is 15.2 Å². The van der Waals surface area contributed by atoms with Crippen LogP contribution in [0, 0.1) is 5.41 Å². The van der Waals surface area contributed by atoms with Gasteiger partial charge in [0.05, 0.1) is 37.0 Å². The van der Waals surface area contributed by atoms with Gasteiger partial charge in [-0.3, -0.25) is 4.79 Å². The van der Waals surface area contributed by atoms with Gasteiger partial charge < -0.3 is 20.5 Å². The quantitative estimate of drug-likeness (QED) is 0.524. The van der Waals surface area contributed by atoms with E-state index < -0.39 is 11.9 Å². The van der Waals surface area contributed by atoms with E-state index in [1.807, 2.05) is 0 Å². The van der Waals surface area contributed by atoms with Crippen LogP contribution in [0.5, 0.6) is 0 Å². The molecule has 0 spiro atoms. The zero-order valence-electron chi connectivity index (χ0n) is 17.2.